The number of allylic oxidation sites excluding steroid dienone is 2. The maximum absolute atomic E-state index is 4.07. The first-order valence-electron chi connectivity index (χ1n) is 2.70. The Kier molecular flexibility index (Phi) is 4.75. The minimum absolute atomic E-state index is 1.03. The van der Waals surface area contributed by atoms with Crippen molar-refractivity contribution in [2.24, 2.45) is 4.99 Å². The first-order valence-corrected chi connectivity index (χ1v) is 3.95. The van der Waals surface area contributed by atoms with E-state index >= 15 is 0 Å². The van der Waals surface area contributed by atoms with Crippen molar-refractivity contribution in [1.29, 1.82) is 0 Å². The number of nitrogens with one attached hydrogen (secondary N) is 1. The van der Waals surface area contributed by atoms with Crippen molar-refractivity contribution in [1.82, 2.24) is 5.32 Å². The second-order valence-corrected chi connectivity index (χ2v) is 2.24. The third-order valence-corrected chi connectivity index (χ3v) is 1.44. The minimum Gasteiger partial charge on any atom is -0.390 e. The quantitative estimate of drug-likeness (QED) is 0.576. The van der Waals surface area contributed by atoms with Crippen LogP contribution in [0, 0.1) is 0 Å². The van der Waals surface area contributed by atoms with Gasteiger partial charge < -0.3 is 5.32 Å². The van der Waals surface area contributed by atoms with Gasteiger partial charge in [-0.3, -0.25) is 4.99 Å². The van der Waals surface area contributed by atoms with Gasteiger partial charge in [-0.25, -0.2) is 0 Å². The van der Waals surface area contributed by atoms with Gasteiger partial charge in [0.05, 0.1) is 9.92 Å². The molecule has 0 aliphatic carbocycles. The second kappa shape index (κ2) is 4.78. The summed E-state index contributed by atoms with van der Waals surface area (Å²) in [5.41, 5.74) is 2.15. The third kappa shape index (κ3) is 3.51. The maximum Gasteiger partial charge on any atom is 0.0655 e. The zero-order valence-corrected chi connectivity index (χ0v) is 8.06. The summed E-state index contributed by atoms with van der Waals surface area (Å²) in [6.07, 6.45) is 0. The average Bonchev–Trinajstić information content (AvgIpc) is 1.87. The first kappa shape index (κ1) is 8.94. The Hall–Kier alpha value is -0.0600. The predicted molar refractivity (Wildman–Crippen MR) is 49.9 cm³/mol. The lowest BCUT2D eigenvalue weighted by atomic mass is 10.4. The summed E-state index contributed by atoms with van der Waals surface area (Å²) < 4.78 is 1.76. The molecule has 0 unspecified atom stereocenters. The molecule has 0 heterocycles. The van der Waals surface area contributed by atoms with Crippen LogP contribution in [0.3, 0.4) is 0 Å². The van der Waals surface area contributed by atoms with Gasteiger partial charge >= 0.3 is 0 Å². The molecule has 0 saturated heterocycles. The summed E-state index contributed by atoms with van der Waals surface area (Å²) in [6, 6.07) is 0. The van der Waals surface area contributed by atoms with E-state index in [0.29, 0.717) is 0 Å². The van der Waals surface area contributed by atoms with Crippen molar-refractivity contribution in [2.75, 3.05) is 7.05 Å². The smallest absolute Gasteiger partial charge is 0.0655 e. The molecule has 9 heavy (non-hydrogen) atoms. The normalized spacial score (nSPS) is 13.8. The molecular formula is C6H11IN2. The monoisotopic (exact) mass is 238 g/mol. The van der Waals surface area contributed by atoms with Gasteiger partial charge in [0.15, 0.2) is 0 Å². The lowest BCUT2D eigenvalue weighted by Crippen LogP contribution is -2.03. The highest BCUT2D eigenvalue weighted by Gasteiger charge is 1.87. The molecule has 3 heteroatoms. The fourth-order valence-electron chi connectivity index (χ4n) is 0.351. The van der Waals surface area contributed by atoms with Crippen LogP contribution in [0.5, 0.6) is 0 Å². The summed E-state index contributed by atoms with van der Waals surface area (Å²) in [5.74, 6) is 0. The number of rotatable bonds is 2. The first-order chi connectivity index (χ1) is 4.22. The molecule has 1 N–H and O–H groups in total. The molecule has 0 aliphatic heterocycles. The van der Waals surface area contributed by atoms with Crippen LogP contribution >= 0.6 is 22.6 Å². The van der Waals surface area contributed by atoms with Gasteiger partial charge in [-0.05, 0) is 36.4 Å². The van der Waals surface area contributed by atoms with Gasteiger partial charge in [0.25, 0.3) is 0 Å². The highest BCUT2D eigenvalue weighted by molar-refractivity contribution is 14.1. The largest absolute Gasteiger partial charge is 0.390 e. The Labute approximate surface area is 69.6 Å². The van der Waals surface area contributed by atoms with Crippen molar-refractivity contribution in [2.45, 2.75) is 13.8 Å². The van der Waals surface area contributed by atoms with E-state index in [1.165, 1.54) is 0 Å². The van der Waals surface area contributed by atoms with Crippen LogP contribution in [0.25, 0.3) is 0 Å². The highest BCUT2D eigenvalue weighted by Crippen LogP contribution is 1.99. The third-order valence-electron chi connectivity index (χ3n) is 1.16. The van der Waals surface area contributed by atoms with E-state index in [9.17, 15) is 0 Å². The molecular weight excluding hydrogens is 227 g/mol. The van der Waals surface area contributed by atoms with Crippen LogP contribution in [0.4, 0.5) is 0 Å². The molecule has 0 saturated carbocycles. The Balaban J connectivity index is 4.10. The highest BCUT2D eigenvalue weighted by atomic mass is 127. The fraction of sp³-hybridized carbons (Fsp3) is 0.500. The molecule has 0 amide bonds. The number of hydrogen-bond acceptors (Lipinski definition) is 2. The van der Waals surface area contributed by atoms with Crippen LogP contribution in [-0.2, 0) is 0 Å². The zero-order chi connectivity index (χ0) is 7.28. The van der Waals surface area contributed by atoms with Crippen LogP contribution in [-0.4, -0.2) is 11.3 Å². The van der Waals surface area contributed by atoms with Gasteiger partial charge in [-0.15, -0.1) is 0 Å². The lowest BCUT2D eigenvalue weighted by molar-refractivity contribution is 0.951. The standard InChI is InChI=1S/C6H11IN2/c1-5(8-3)6(2)9-4-7/h4,8H,1-3H3/b6-5-,9-4?. The van der Waals surface area contributed by atoms with Crippen LogP contribution in [0.15, 0.2) is 16.4 Å². The molecule has 2 nitrogen and oxygen atoms in total. The molecule has 0 radical (unpaired) electrons. The van der Waals surface area contributed by atoms with Gasteiger partial charge in [0.1, 0.15) is 0 Å². The summed E-state index contributed by atoms with van der Waals surface area (Å²) in [5, 5.41) is 3.01. The molecule has 0 aromatic rings. The Morgan fingerprint density at radius 3 is 2.44 bits per heavy atom. The molecule has 0 aliphatic rings. The topological polar surface area (TPSA) is 24.4 Å². The van der Waals surface area contributed by atoms with Crippen LogP contribution < -0.4 is 5.32 Å². The molecule has 0 rings (SSSR count). The minimum atomic E-state index is 1.03. The predicted octanol–water partition coefficient (Wildman–Crippen LogP) is 1.92. The summed E-state index contributed by atoms with van der Waals surface area (Å²) in [6.45, 7) is 3.97. The molecule has 52 valence electrons. The number of nitrogens with zero attached hydrogens (tertiary/aromatic N) is 1. The summed E-state index contributed by atoms with van der Waals surface area (Å²) in [7, 11) is 1.89. The van der Waals surface area contributed by atoms with Crippen molar-refractivity contribution >= 4 is 26.8 Å². The Morgan fingerprint density at radius 2 is 2.11 bits per heavy atom. The lowest BCUT2D eigenvalue weighted by Gasteiger charge is -1.99. The number of hydrogen-bond donors (Lipinski definition) is 1. The Morgan fingerprint density at radius 1 is 1.56 bits per heavy atom. The molecule has 0 atom stereocenters. The summed E-state index contributed by atoms with van der Waals surface area (Å²) in [4.78, 5) is 4.07. The molecule has 0 spiro atoms. The van der Waals surface area contributed by atoms with E-state index in [4.69, 9.17) is 0 Å². The van der Waals surface area contributed by atoms with Crippen molar-refractivity contribution in [3.63, 3.8) is 0 Å². The number of halogens is 1. The van der Waals surface area contributed by atoms with Gasteiger partial charge in [0.2, 0.25) is 0 Å². The van der Waals surface area contributed by atoms with Crippen molar-refractivity contribution in [3.05, 3.63) is 11.4 Å². The van der Waals surface area contributed by atoms with E-state index in [0.717, 1.165) is 11.4 Å². The Bertz CT molecular complexity index is 138. The van der Waals surface area contributed by atoms with Crippen LogP contribution in [0.2, 0.25) is 0 Å². The fourth-order valence-corrected chi connectivity index (χ4v) is 0.769. The van der Waals surface area contributed by atoms with E-state index in [-0.39, 0.29) is 0 Å². The van der Waals surface area contributed by atoms with Gasteiger partial charge in [-0.1, -0.05) is 0 Å². The molecule has 0 aromatic heterocycles. The summed E-state index contributed by atoms with van der Waals surface area (Å²) >= 11 is 2.10. The SMILES string of the molecule is CN/C(C)=C(/C)N=CI. The number of aliphatic imine (C=N–C) groups is 1. The van der Waals surface area contributed by atoms with Gasteiger partial charge in [0, 0.05) is 12.7 Å². The second-order valence-electron chi connectivity index (χ2n) is 1.69. The average molecular weight is 238 g/mol. The van der Waals surface area contributed by atoms with Gasteiger partial charge in [-0.2, -0.15) is 0 Å². The van der Waals surface area contributed by atoms with E-state index in [2.05, 4.69) is 32.9 Å². The van der Waals surface area contributed by atoms with Crippen molar-refractivity contribution in [3.8, 4) is 0 Å². The van der Waals surface area contributed by atoms with E-state index in [1.54, 1.807) is 4.22 Å². The molecule has 0 aromatic carbocycles. The van der Waals surface area contributed by atoms with E-state index in [1.807, 2.05) is 20.9 Å². The molecule has 0 fully saturated rings. The molecule has 0 bridgehead atoms. The van der Waals surface area contributed by atoms with Crippen LogP contribution in [0.1, 0.15) is 13.8 Å². The maximum atomic E-state index is 4.07. The van der Waals surface area contributed by atoms with E-state index < -0.39 is 0 Å². The zero-order valence-electron chi connectivity index (χ0n) is 5.90. The van der Waals surface area contributed by atoms with Crippen molar-refractivity contribution < 1.29 is 0 Å².